The summed E-state index contributed by atoms with van der Waals surface area (Å²) in [6, 6.07) is 0. The molecule has 0 unspecified atom stereocenters. The number of rotatable bonds is 3. The minimum Gasteiger partial charge on any atom is -0.481 e. The SMILES string of the molecule is CC1(C(=O)O)CCN(c2nc(C3CC3)ns2)CC1. The number of carbonyl (C=O) groups is 1. The summed E-state index contributed by atoms with van der Waals surface area (Å²) in [5.41, 5.74) is -0.569. The third kappa shape index (κ3) is 2.09. The van der Waals surface area contributed by atoms with Crippen molar-refractivity contribution in [3.63, 3.8) is 0 Å². The molecule has 2 aliphatic rings. The van der Waals surface area contributed by atoms with Crippen molar-refractivity contribution < 1.29 is 9.90 Å². The van der Waals surface area contributed by atoms with Gasteiger partial charge in [-0.25, -0.2) is 4.98 Å². The van der Waals surface area contributed by atoms with Gasteiger partial charge in [-0.05, 0) is 32.6 Å². The van der Waals surface area contributed by atoms with E-state index in [0.717, 1.165) is 24.0 Å². The molecule has 1 saturated carbocycles. The van der Waals surface area contributed by atoms with E-state index >= 15 is 0 Å². The highest BCUT2D eigenvalue weighted by atomic mass is 32.1. The molecule has 2 fully saturated rings. The van der Waals surface area contributed by atoms with Gasteiger partial charge >= 0.3 is 5.97 Å². The summed E-state index contributed by atoms with van der Waals surface area (Å²) in [7, 11) is 0. The van der Waals surface area contributed by atoms with Crippen molar-refractivity contribution in [3.8, 4) is 0 Å². The Hall–Kier alpha value is -1.17. The maximum Gasteiger partial charge on any atom is 0.309 e. The number of hydrogen-bond donors (Lipinski definition) is 1. The van der Waals surface area contributed by atoms with Crippen LogP contribution in [0.4, 0.5) is 5.13 Å². The molecule has 98 valence electrons. The predicted octanol–water partition coefficient (Wildman–Crippen LogP) is 2.11. The zero-order valence-electron chi connectivity index (χ0n) is 10.4. The van der Waals surface area contributed by atoms with Gasteiger partial charge in [0.25, 0.3) is 0 Å². The van der Waals surface area contributed by atoms with Crippen LogP contribution in [0.3, 0.4) is 0 Å². The number of aliphatic carboxylic acids is 1. The minimum atomic E-state index is -0.682. The fourth-order valence-corrected chi connectivity index (χ4v) is 3.07. The van der Waals surface area contributed by atoms with Crippen molar-refractivity contribution in [2.45, 2.75) is 38.5 Å². The Labute approximate surface area is 110 Å². The first-order valence-corrected chi connectivity index (χ1v) is 7.18. The van der Waals surface area contributed by atoms with Crippen molar-refractivity contribution >= 4 is 22.6 Å². The molecule has 1 saturated heterocycles. The molecule has 0 radical (unpaired) electrons. The van der Waals surface area contributed by atoms with Crippen LogP contribution in [0, 0.1) is 5.41 Å². The number of nitrogens with zero attached hydrogens (tertiary/aromatic N) is 3. The average Bonchev–Trinajstić information content (AvgIpc) is 3.09. The van der Waals surface area contributed by atoms with Gasteiger partial charge in [0.05, 0.1) is 5.41 Å². The van der Waals surface area contributed by atoms with Crippen LogP contribution in [0.15, 0.2) is 0 Å². The van der Waals surface area contributed by atoms with E-state index in [9.17, 15) is 9.90 Å². The molecular formula is C12H17N3O2S. The van der Waals surface area contributed by atoms with Crippen molar-refractivity contribution in [2.75, 3.05) is 18.0 Å². The maximum atomic E-state index is 11.2. The van der Waals surface area contributed by atoms with Crippen LogP contribution in [0.2, 0.25) is 0 Å². The number of carboxylic acid groups (broad SMARTS) is 1. The molecule has 0 amide bonds. The molecule has 1 N–H and O–H groups in total. The normalized spacial score (nSPS) is 23.1. The zero-order chi connectivity index (χ0) is 12.8. The van der Waals surface area contributed by atoms with E-state index < -0.39 is 11.4 Å². The molecule has 1 aromatic rings. The van der Waals surface area contributed by atoms with Gasteiger partial charge in [-0.3, -0.25) is 4.79 Å². The van der Waals surface area contributed by atoms with Gasteiger partial charge in [-0.1, -0.05) is 0 Å². The first kappa shape index (κ1) is 11.9. The van der Waals surface area contributed by atoms with Gasteiger partial charge < -0.3 is 10.0 Å². The van der Waals surface area contributed by atoms with Gasteiger partial charge in [-0.2, -0.15) is 4.37 Å². The number of aromatic nitrogens is 2. The molecule has 1 aromatic heterocycles. The molecule has 0 bridgehead atoms. The number of hydrogen-bond acceptors (Lipinski definition) is 5. The van der Waals surface area contributed by atoms with Crippen LogP contribution in [0.5, 0.6) is 0 Å². The molecule has 0 aromatic carbocycles. The third-order valence-electron chi connectivity index (χ3n) is 4.03. The molecule has 1 aliphatic carbocycles. The lowest BCUT2D eigenvalue weighted by atomic mass is 9.81. The highest BCUT2D eigenvalue weighted by Gasteiger charge is 2.38. The number of piperidine rings is 1. The van der Waals surface area contributed by atoms with E-state index in [1.807, 2.05) is 6.92 Å². The molecule has 3 rings (SSSR count). The Balaban J connectivity index is 1.66. The molecule has 2 heterocycles. The Kier molecular flexibility index (Phi) is 2.77. The fraction of sp³-hybridized carbons (Fsp3) is 0.750. The van der Waals surface area contributed by atoms with Gasteiger partial charge in [0.2, 0.25) is 5.13 Å². The molecule has 1 aliphatic heterocycles. The van der Waals surface area contributed by atoms with Crippen molar-refractivity contribution in [2.24, 2.45) is 5.41 Å². The summed E-state index contributed by atoms with van der Waals surface area (Å²) in [4.78, 5) is 17.9. The second kappa shape index (κ2) is 4.19. The van der Waals surface area contributed by atoms with Crippen LogP contribution in [0.25, 0.3) is 0 Å². The van der Waals surface area contributed by atoms with E-state index in [1.165, 1.54) is 24.4 Å². The molecule has 0 atom stereocenters. The summed E-state index contributed by atoms with van der Waals surface area (Å²) in [6.07, 6.45) is 3.79. The molecule has 18 heavy (non-hydrogen) atoms. The van der Waals surface area contributed by atoms with Gasteiger partial charge in [0, 0.05) is 30.5 Å². The van der Waals surface area contributed by atoms with Gasteiger partial charge in [0.1, 0.15) is 5.82 Å². The Morgan fingerprint density at radius 2 is 2.11 bits per heavy atom. The van der Waals surface area contributed by atoms with Gasteiger partial charge in [0.15, 0.2) is 0 Å². The third-order valence-corrected chi connectivity index (χ3v) is 4.82. The molecular weight excluding hydrogens is 250 g/mol. The second-order valence-corrected chi connectivity index (χ2v) is 6.29. The van der Waals surface area contributed by atoms with Crippen molar-refractivity contribution in [3.05, 3.63) is 5.82 Å². The molecule has 0 spiro atoms. The lowest BCUT2D eigenvalue weighted by Gasteiger charge is -2.36. The lowest BCUT2D eigenvalue weighted by Crippen LogP contribution is -2.42. The molecule has 5 nitrogen and oxygen atoms in total. The first-order valence-electron chi connectivity index (χ1n) is 6.40. The standard InChI is InChI=1S/C12H17N3O2S/c1-12(10(16)17)4-6-15(7-5-12)11-13-9(14-18-11)8-2-3-8/h8H,2-7H2,1H3,(H,16,17). The van der Waals surface area contributed by atoms with E-state index in [0.29, 0.717) is 18.8 Å². The highest BCUT2D eigenvalue weighted by molar-refractivity contribution is 7.09. The summed E-state index contributed by atoms with van der Waals surface area (Å²) in [5.74, 6) is 0.892. The summed E-state index contributed by atoms with van der Waals surface area (Å²) < 4.78 is 4.40. The monoisotopic (exact) mass is 267 g/mol. The number of carboxylic acids is 1. The van der Waals surface area contributed by atoms with Crippen molar-refractivity contribution in [1.29, 1.82) is 0 Å². The van der Waals surface area contributed by atoms with Crippen LogP contribution in [-0.4, -0.2) is 33.5 Å². The quantitative estimate of drug-likeness (QED) is 0.908. The van der Waals surface area contributed by atoms with Crippen LogP contribution in [0.1, 0.15) is 44.3 Å². The second-order valence-electron chi connectivity index (χ2n) is 5.56. The summed E-state index contributed by atoms with van der Waals surface area (Å²) in [6.45, 7) is 3.37. The Bertz CT molecular complexity index is 462. The van der Waals surface area contributed by atoms with E-state index in [4.69, 9.17) is 0 Å². The smallest absolute Gasteiger partial charge is 0.309 e. The summed E-state index contributed by atoms with van der Waals surface area (Å²) in [5, 5.41) is 10.2. The van der Waals surface area contributed by atoms with Crippen LogP contribution >= 0.6 is 11.5 Å². The predicted molar refractivity (Wildman–Crippen MR) is 69.1 cm³/mol. The molecule has 6 heteroatoms. The maximum absolute atomic E-state index is 11.2. The minimum absolute atomic E-state index is 0.569. The lowest BCUT2D eigenvalue weighted by molar-refractivity contribution is -0.149. The zero-order valence-corrected chi connectivity index (χ0v) is 11.2. The fourth-order valence-electron chi connectivity index (χ4n) is 2.27. The Morgan fingerprint density at radius 1 is 1.44 bits per heavy atom. The van der Waals surface area contributed by atoms with Crippen molar-refractivity contribution in [1.82, 2.24) is 9.36 Å². The summed E-state index contributed by atoms with van der Waals surface area (Å²) >= 11 is 1.45. The first-order chi connectivity index (χ1) is 8.58. The van der Waals surface area contributed by atoms with E-state index in [-0.39, 0.29) is 0 Å². The largest absolute Gasteiger partial charge is 0.481 e. The average molecular weight is 267 g/mol. The van der Waals surface area contributed by atoms with Gasteiger partial charge in [-0.15, -0.1) is 0 Å². The number of anilines is 1. The van der Waals surface area contributed by atoms with Crippen LogP contribution < -0.4 is 4.90 Å². The van der Waals surface area contributed by atoms with E-state index in [1.54, 1.807) is 0 Å². The highest BCUT2D eigenvalue weighted by Crippen LogP contribution is 2.40. The topological polar surface area (TPSA) is 66.3 Å². The van der Waals surface area contributed by atoms with Crippen LogP contribution in [-0.2, 0) is 4.79 Å². The van der Waals surface area contributed by atoms with E-state index in [2.05, 4.69) is 14.3 Å². The Morgan fingerprint density at radius 3 is 2.67 bits per heavy atom.